The maximum Gasteiger partial charge on any atom is 0.243 e. The molecule has 9 heteroatoms. The zero-order valence-electron chi connectivity index (χ0n) is 16.7. The summed E-state index contributed by atoms with van der Waals surface area (Å²) in [5.41, 5.74) is 3.59. The Morgan fingerprint density at radius 2 is 1.69 bits per heavy atom. The summed E-state index contributed by atoms with van der Waals surface area (Å²) >= 11 is 0. The van der Waals surface area contributed by atoms with Gasteiger partial charge in [0.1, 0.15) is 5.82 Å². The van der Waals surface area contributed by atoms with Crippen molar-refractivity contribution < 1.29 is 22.4 Å². The van der Waals surface area contributed by atoms with Crippen molar-refractivity contribution in [2.75, 3.05) is 25.5 Å². The quantitative estimate of drug-likeness (QED) is 0.716. The fourth-order valence-corrected chi connectivity index (χ4v) is 3.87. The summed E-state index contributed by atoms with van der Waals surface area (Å²) in [5.74, 6) is -1.70. The molecular formula is C20H24FN3O4S. The number of amides is 2. The number of nitrogens with one attached hydrogen (secondary N) is 2. The number of rotatable bonds is 7. The summed E-state index contributed by atoms with van der Waals surface area (Å²) in [7, 11) is -2.65. The number of carbonyl (C=O) groups is 2. The number of anilines is 1. The van der Waals surface area contributed by atoms with E-state index in [2.05, 4.69) is 10.0 Å². The minimum atomic E-state index is -4.04. The van der Waals surface area contributed by atoms with Crippen molar-refractivity contribution in [3.05, 3.63) is 58.9 Å². The van der Waals surface area contributed by atoms with Crippen molar-refractivity contribution in [1.82, 2.24) is 9.62 Å². The summed E-state index contributed by atoms with van der Waals surface area (Å²) in [6.07, 6.45) is 0. The third-order valence-corrected chi connectivity index (χ3v) is 5.67. The first-order valence-electron chi connectivity index (χ1n) is 8.86. The maximum absolute atomic E-state index is 13.2. The Labute approximate surface area is 170 Å². The summed E-state index contributed by atoms with van der Waals surface area (Å²) in [6.45, 7) is 4.93. The molecule has 0 saturated carbocycles. The first-order valence-corrected chi connectivity index (χ1v) is 10.3. The number of hydrogen-bond acceptors (Lipinski definition) is 4. The number of aryl methyl sites for hydroxylation is 3. The standard InChI is InChI=1S/C20H24FN3O4S/c1-13-8-14(2)20(15(3)9-13)23-18(25)12-24(4)19(26)11-22-29(27,28)17-7-5-6-16(21)10-17/h5-10,22H,11-12H2,1-4H3,(H,23,25). The van der Waals surface area contributed by atoms with Crippen LogP contribution < -0.4 is 10.0 Å². The van der Waals surface area contributed by atoms with Crippen LogP contribution in [0.1, 0.15) is 16.7 Å². The molecule has 29 heavy (non-hydrogen) atoms. The molecule has 0 atom stereocenters. The third-order valence-electron chi connectivity index (χ3n) is 4.27. The highest BCUT2D eigenvalue weighted by Crippen LogP contribution is 2.21. The zero-order valence-corrected chi connectivity index (χ0v) is 17.6. The lowest BCUT2D eigenvalue weighted by atomic mass is 10.1. The van der Waals surface area contributed by atoms with Crippen LogP contribution in [-0.4, -0.2) is 45.3 Å². The average Bonchev–Trinajstić information content (AvgIpc) is 2.62. The van der Waals surface area contributed by atoms with E-state index in [9.17, 15) is 22.4 Å². The fourth-order valence-electron chi connectivity index (χ4n) is 2.87. The van der Waals surface area contributed by atoms with Crippen LogP contribution in [0.15, 0.2) is 41.3 Å². The zero-order chi connectivity index (χ0) is 21.8. The van der Waals surface area contributed by atoms with Gasteiger partial charge in [0.05, 0.1) is 18.0 Å². The van der Waals surface area contributed by atoms with E-state index < -0.39 is 34.2 Å². The van der Waals surface area contributed by atoms with Gasteiger partial charge in [-0.25, -0.2) is 17.5 Å². The number of halogens is 1. The summed E-state index contributed by atoms with van der Waals surface area (Å²) in [4.78, 5) is 25.3. The van der Waals surface area contributed by atoms with E-state index in [0.29, 0.717) is 5.69 Å². The monoisotopic (exact) mass is 421 g/mol. The van der Waals surface area contributed by atoms with Gasteiger partial charge in [-0.1, -0.05) is 23.8 Å². The van der Waals surface area contributed by atoms with E-state index in [1.807, 2.05) is 32.9 Å². The SMILES string of the molecule is Cc1cc(C)c(NC(=O)CN(C)C(=O)CNS(=O)(=O)c2cccc(F)c2)c(C)c1. The topological polar surface area (TPSA) is 95.6 Å². The van der Waals surface area contributed by atoms with Gasteiger partial charge in [-0.2, -0.15) is 0 Å². The van der Waals surface area contributed by atoms with Crippen LogP contribution in [0.2, 0.25) is 0 Å². The minimum absolute atomic E-state index is 0.243. The number of benzene rings is 2. The van der Waals surface area contributed by atoms with Crippen LogP contribution in [0.25, 0.3) is 0 Å². The van der Waals surface area contributed by atoms with E-state index >= 15 is 0 Å². The maximum atomic E-state index is 13.2. The van der Waals surface area contributed by atoms with Crippen LogP contribution in [0.5, 0.6) is 0 Å². The highest BCUT2D eigenvalue weighted by atomic mass is 32.2. The minimum Gasteiger partial charge on any atom is -0.335 e. The molecular weight excluding hydrogens is 397 g/mol. The van der Waals surface area contributed by atoms with Crippen LogP contribution in [0, 0.1) is 26.6 Å². The van der Waals surface area contributed by atoms with Gasteiger partial charge in [0.25, 0.3) is 0 Å². The van der Waals surface area contributed by atoms with Crippen LogP contribution in [0.4, 0.5) is 10.1 Å². The second-order valence-corrected chi connectivity index (χ2v) is 8.62. The molecule has 2 amide bonds. The van der Waals surface area contributed by atoms with Crippen molar-refractivity contribution in [2.24, 2.45) is 0 Å². The number of carbonyl (C=O) groups excluding carboxylic acids is 2. The van der Waals surface area contributed by atoms with Gasteiger partial charge in [-0.15, -0.1) is 0 Å². The first-order chi connectivity index (χ1) is 13.5. The van der Waals surface area contributed by atoms with Gasteiger partial charge in [0.2, 0.25) is 21.8 Å². The molecule has 2 N–H and O–H groups in total. The summed E-state index contributed by atoms with van der Waals surface area (Å²) < 4.78 is 39.6. The molecule has 0 radical (unpaired) electrons. The Morgan fingerprint density at radius 3 is 2.28 bits per heavy atom. The lowest BCUT2D eigenvalue weighted by Crippen LogP contribution is -2.41. The first kappa shape index (κ1) is 22.5. The second-order valence-electron chi connectivity index (χ2n) is 6.85. The van der Waals surface area contributed by atoms with Gasteiger partial charge in [-0.05, 0) is 50.1 Å². The molecule has 0 aliphatic carbocycles. The molecule has 7 nitrogen and oxygen atoms in total. The van der Waals surface area contributed by atoms with Crippen molar-refractivity contribution in [3.8, 4) is 0 Å². The molecule has 0 spiro atoms. The lowest BCUT2D eigenvalue weighted by Gasteiger charge is -2.19. The van der Waals surface area contributed by atoms with Crippen molar-refractivity contribution >= 4 is 27.5 Å². The lowest BCUT2D eigenvalue weighted by molar-refractivity contribution is -0.132. The Kier molecular flexibility index (Phi) is 7.10. The molecule has 0 fully saturated rings. The average molecular weight is 421 g/mol. The number of hydrogen-bond donors (Lipinski definition) is 2. The molecule has 0 bridgehead atoms. The number of likely N-dealkylation sites (N-methyl/N-ethyl adjacent to an activating group) is 1. The van der Waals surface area contributed by atoms with E-state index in [1.165, 1.54) is 19.2 Å². The van der Waals surface area contributed by atoms with Crippen molar-refractivity contribution in [2.45, 2.75) is 25.7 Å². The van der Waals surface area contributed by atoms with E-state index in [4.69, 9.17) is 0 Å². The van der Waals surface area contributed by atoms with Crippen molar-refractivity contribution in [1.29, 1.82) is 0 Å². The third kappa shape index (κ3) is 6.10. The van der Waals surface area contributed by atoms with Gasteiger partial charge in [0.15, 0.2) is 0 Å². The van der Waals surface area contributed by atoms with Gasteiger partial charge in [0, 0.05) is 12.7 Å². The van der Waals surface area contributed by atoms with Gasteiger partial charge < -0.3 is 10.2 Å². The van der Waals surface area contributed by atoms with E-state index in [-0.39, 0.29) is 11.4 Å². The molecule has 156 valence electrons. The predicted molar refractivity (Wildman–Crippen MR) is 109 cm³/mol. The van der Waals surface area contributed by atoms with Crippen LogP contribution >= 0.6 is 0 Å². The molecule has 2 aromatic rings. The van der Waals surface area contributed by atoms with E-state index in [1.54, 1.807) is 0 Å². The van der Waals surface area contributed by atoms with E-state index in [0.717, 1.165) is 33.7 Å². The highest BCUT2D eigenvalue weighted by molar-refractivity contribution is 7.89. The molecule has 0 aromatic heterocycles. The number of nitrogens with zero attached hydrogens (tertiary/aromatic N) is 1. The largest absolute Gasteiger partial charge is 0.335 e. The smallest absolute Gasteiger partial charge is 0.243 e. The normalized spacial score (nSPS) is 11.2. The highest BCUT2D eigenvalue weighted by Gasteiger charge is 2.19. The Bertz CT molecular complexity index is 1010. The Morgan fingerprint density at radius 1 is 1.07 bits per heavy atom. The summed E-state index contributed by atoms with van der Waals surface area (Å²) in [6, 6.07) is 8.35. The Hall–Kier alpha value is -2.78. The molecule has 0 saturated heterocycles. The van der Waals surface area contributed by atoms with Gasteiger partial charge in [-0.3, -0.25) is 9.59 Å². The number of sulfonamides is 1. The van der Waals surface area contributed by atoms with Gasteiger partial charge >= 0.3 is 0 Å². The van der Waals surface area contributed by atoms with Crippen LogP contribution in [0.3, 0.4) is 0 Å². The molecule has 0 heterocycles. The van der Waals surface area contributed by atoms with Crippen molar-refractivity contribution in [3.63, 3.8) is 0 Å². The molecule has 0 aliphatic rings. The predicted octanol–water partition coefficient (Wildman–Crippen LogP) is 2.13. The second kappa shape index (κ2) is 9.15. The molecule has 2 aromatic carbocycles. The van der Waals surface area contributed by atoms with Crippen LogP contribution in [-0.2, 0) is 19.6 Å². The molecule has 0 unspecified atom stereocenters. The molecule has 0 aliphatic heterocycles. The fraction of sp³-hybridized carbons (Fsp3) is 0.300. The summed E-state index contributed by atoms with van der Waals surface area (Å²) in [5, 5.41) is 2.78. The Balaban J connectivity index is 1.94. The molecule has 2 rings (SSSR count).